The van der Waals surface area contributed by atoms with Crippen molar-refractivity contribution < 1.29 is 54.6 Å². The summed E-state index contributed by atoms with van der Waals surface area (Å²) >= 11 is 0. The van der Waals surface area contributed by atoms with Crippen molar-refractivity contribution in [2.24, 2.45) is 5.41 Å². The van der Waals surface area contributed by atoms with Gasteiger partial charge in [-0.15, -0.1) is 0 Å². The minimum absolute atomic E-state index is 0.221. The van der Waals surface area contributed by atoms with Gasteiger partial charge in [-0.25, -0.2) is 23.5 Å². The number of nitrogens with one attached hydrogen (secondary N) is 1. The Kier molecular flexibility index (Phi) is 7.17. The number of carbonyl (C=O) groups excluding carboxylic acids is 1. The number of halogens is 8. The molecule has 0 atom stereocenters. The van der Waals surface area contributed by atoms with E-state index in [-0.39, 0.29) is 23.5 Å². The summed E-state index contributed by atoms with van der Waals surface area (Å²) in [6.45, 7) is 2.02. The summed E-state index contributed by atoms with van der Waals surface area (Å²) in [6, 6.07) is 4.66. The van der Waals surface area contributed by atoms with Gasteiger partial charge in [-0.3, -0.25) is 4.79 Å². The van der Waals surface area contributed by atoms with E-state index in [1.165, 1.54) is 12.3 Å². The highest BCUT2D eigenvalue weighted by molar-refractivity contribution is 6.03. The van der Waals surface area contributed by atoms with Gasteiger partial charge < -0.3 is 19.6 Å². The van der Waals surface area contributed by atoms with E-state index in [4.69, 9.17) is 14.6 Å². The van der Waals surface area contributed by atoms with Gasteiger partial charge in [0.2, 0.25) is 6.43 Å². The molecule has 16 heteroatoms. The van der Waals surface area contributed by atoms with Gasteiger partial charge in [0.15, 0.2) is 0 Å². The SMILES string of the molecule is CCOc1cc2nc(C34CC(C(F)F)(C3)C4)cn2cc1NC(=O)c1cccc(C(F)(F)F)n1.O=C(O)C(F)(F)F. The van der Waals surface area contributed by atoms with Gasteiger partial charge in [0.25, 0.3) is 5.91 Å². The standard InChI is InChI=1S/C22H19F5N4O2.C2HF3O2/c1-2-33-14-6-17-30-16(20-9-21(10-20,11-20)19(23)24)8-31(17)7-13(14)29-18(32)12-4-3-5-15(28-12)22(25,26)27;3-2(4,5)1(6)7/h3-8,19H,2,9-11H2,1H3,(H,29,32);(H,6,7). The van der Waals surface area contributed by atoms with Gasteiger partial charge in [-0.1, -0.05) is 6.07 Å². The maximum atomic E-state index is 13.2. The third-order valence-corrected chi connectivity index (χ3v) is 6.70. The summed E-state index contributed by atoms with van der Waals surface area (Å²) in [7, 11) is 0. The molecule has 2 bridgehead atoms. The monoisotopic (exact) mass is 580 g/mol. The number of hydrogen-bond acceptors (Lipinski definition) is 5. The van der Waals surface area contributed by atoms with Gasteiger partial charge in [0.1, 0.15) is 28.5 Å². The number of fused-ring (bicyclic) bond motifs is 1. The molecule has 2 N–H and O–H groups in total. The molecule has 0 radical (unpaired) electrons. The highest BCUT2D eigenvalue weighted by Gasteiger charge is 2.73. The molecule has 1 amide bonds. The molecule has 6 rings (SSSR count). The van der Waals surface area contributed by atoms with Crippen molar-refractivity contribution in [3.8, 4) is 5.75 Å². The second kappa shape index (κ2) is 9.89. The molecule has 0 aromatic carbocycles. The normalized spacial score (nSPS) is 21.6. The van der Waals surface area contributed by atoms with Crippen LogP contribution in [0, 0.1) is 5.41 Å². The van der Waals surface area contributed by atoms with Crippen LogP contribution in [0.3, 0.4) is 0 Å². The Morgan fingerprint density at radius 3 is 2.25 bits per heavy atom. The molecule has 216 valence electrons. The number of carboxylic acid groups (broad SMARTS) is 1. The Balaban J connectivity index is 0.000000470. The molecule has 3 aromatic heterocycles. The van der Waals surface area contributed by atoms with Crippen LogP contribution < -0.4 is 10.1 Å². The van der Waals surface area contributed by atoms with Crippen molar-refractivity contribution in [1.29, 1.82) is 0 Å². The number of rotatable bonds is 6. The third kappa shape index (κ3) is 5.38. The Bertz CT molecular complexity index is 1430. The molecular weight excluding hydrogens is 560 g/mol. The van der Waals surface area contributed by atoms with E-state index in [2.05, 4.69) is 15.3 Å². The fraction of sp³-hybridized carbons (Fsp3) is 0.417. The van der Waals surface area contributed by atoms with E-state index in [9.17, 15) is 39.9 Å². The molecule has 0 aliphatic heterocycles. The fourth-order valence-electron chi connectivity index (χ4n) is 4.92. The van der Waals surface area contributed by atoms with Gasteiger partial charge in [-0.2, -0.15) is 26.3 Å². The first kappa shape index (κ1) is 29.0. The van der Waals surface area contributed by atoms with Crippen LogP contribution in [0.25, 0.3) is 5.65 Å². The molecule has 3 aromatic rings. The lowest BCUT2D eigenvalue weighted by atomic mass is 9.34. The number of aliphatic carboxylic acids is 1. The molecule has 0 saturated heterocycles. The Morgan fingerprint density at radius 1 is 1.10 bits per heavy atom. The zero-order valence-electron chi connectivity index (χ0n) is 20.4. The Morgan fingerprint density at radius 2 is 1.73 bits per heavy atom. The van der Waals surface area contributed by atoms with Crippen molar-refractivity contribution in [3.05, 3.63) is 53.7 Å². The molecule has 3 heterocycles. The van der Waals surface area contributed by atoms with Gasteiger partial charge >= 0.3 is 18.3 Å². The number of hydrogen-bond donors (Lipinski definition) is 2. The first-order valence-electron chi connectivity index (χ1n) is 11.6. The predicted molar refractivity (Wildman–Crippen MR) is 121 cm³/mol. The molecule has 40 heavy (non-hydrogen) atoms. The van der Waals surface area contributed by atoms with E-state index < -0.39 is 47.5 Å². The van der Waals surface area contributed by atoms with E-state index in [1.54, 1.807) is 23.6 Å². The first-order valence-corrected chi connectivity index (χ1v) is 11.6. The smallest absolute Gasteiger partial charge is 0.490 e. The lowest BCUT2D eigenvalue weighted by molar-refractivity contribution is -0.223. The van der Waals surface area contributed by atoms with Crippen molar-refractivity contribution >= 4 is 23.2 Å². The first-order chi connectivity index (χ1) is 18.5. The maximum Gasteiger partial charge on any atom is 0.490 e. The number of alkyl halides is 8. The highest BCUT2D eigenvalue weighted by Crippen LogP contribution is 2.75. The van der Waals surface area contributed by atoms with Crippen molar-refractivity contribution in [3.63, 3.8) is 0 Å². The zero-order valence-corrected chi connectivity index (χ0v) is 20.4. The summed E-state index contributed by atoms with van der Waals surface area (Å²) in [6.07, 6.45) is -7.65. The molecule has 3 fully saturated rings. The van der Waals surface area contributed by atoms with Crippen LogP contribution in [-0.4, -0.2) is 50.6 Å². The van der Waals surface area contributed by atoms with Crippen molar-refractivity contribution in [2.45, 2.75) is 50.4 Å². The molecular formula is C24H20F8N4O4. The lowest BCUT2D eigenvalue weighted by Gasteiger charge is -2.69. The summed E-state index contributed by atoms with van der Waals surface area (Å²) in [5, 5.41) is 9.67. The predicted octanol–water partition coefficient (Wildman–Crippen LogP) is 5.72. The van der Waals surface area contributed by atoms with Gasteiger partial charge in [0, 0.05) is 29.3 Å². The molecule has 3 aliphatic rings. The lowest BCUT2D eigenvalue weighted by Crippen LogP contribution is -2.67. The van der Waals surface area contributed by atoms with Crippen LogP contribution in [0.5, 0.6) is 5.75 Å². The van der Waals surface area contributed by atoms with E-state index in [0.29, 0.717) is 30.6 Å². The van der Waals surface area contributed by atoms with Crippen LogP contribution in [0.4, 0.5) is 40.8 Å². The van der Waals surface area contributed by atoms with Gasteiger partial charge in [-0.05, 0) is 38.3 Å². The van der Waals surface area contributed by atoms with E-state index in [1.807, 2.05) is 0 Å². The third-order valence-electron chi connectivity index (χ3n) is 6.70. The Hall–Kier alpha value is -3.98. The van der Waals surface area contributed by atoms with E-state index >= 15 is 0 Å². The second-order valence-electron chi connectivity index (χ2n) is 9.51. The summed E-state index contributed by atoms with van der Waals surface area (Å²) in [4.78, 5) is 29.5. The number of ether oxygens (including phenoxy) is 1. The van der Waals surface area contributed by atoms with Gasteiger partial charge in [0.05, 0.1) is 12.3 Å². The molecule has 8 nitrogen and oxygen atoms in total. The molecule has 0 unspecified atom stereocenters. The minimum atomic E-state index is -5.08. The van der Waals surface area contributed by atoms with Crippen molar-refractivity contribution in [2.75, 3.05) is 11.9 Å². The quantitative estimate of drug-likeness (QED) is 0.362. The van der Waals surface area contributed by atoms with Crippen LogP contribution in [0.2, 0.25) is 0 Å². The number of amides is 1. The van der Waals surface area contributed by atoms with Crippen LogP contribution in [-0.2, 0) is 16.4 Å². The molecule has 3 saturated carbocycles. The van der Waals surface area contributed by atoms with Crippen LogP contribution in [0.15, 0.2) is 36.7 Å². The zero-order chi connectivity index (χ0) is 29.7. The summed E-state index contributed by atoms with van der Waals surface area (Å²) < 4.78 is 104. The average Bonchev–Trinajstić information content (AvgIpc) is 3.19. The van der Waals surface area contributed by atoms with E-state index in [0.717, 1.165) is 12.1 Å². The van der Waals surface area contributed by atoms with Crippen LogP contribution in [0.1, 0.15) is 48.1 Å². The number of carboxylic acids is 1. The molecule has 0 spiro atoms. The average molecular weight is 580 g/mol. The largest absolute Gasteiger partial charge is 0.491 e. The summed E-state index contributed by atoms with van der Waals surface area (Å²) in [5.41, 5.74) is -1.36. The topological polar surface area (TPSA) is 106 Å². The molecule has 3 aliphatic carbocycles. The number of carbonyl (C=O) groups is 2. The number of aromatic nitrogens is 3. The fourth-order valence-corrected chi connectivity index (χ4v) is 4.92. The van der Waals surface area contributed by atoms with Crippen LogP contribution >= 0.6 is 0 Å². The highest BCUT2D eigenvalue weighted by atomic mass is 19.4. The maximum absolute atomic E-state index is 13.2. The number of pyridine rings is 2. The number of anilines is 1. The number of imidazole rings is 1. The summed E-state index contributed by atoms with van der Waals surface area (Å²) in [5.74, 6) is -3.31. The van der Waals surface area contributed by atoms with Crippen molar-refractivity contribution in [1.82, 2.24) is 14.4 Å². The minimum Gasteiger partial charge on any atom is -0.491 e. The number of nitrogens with zero attached hydrogens (tertiary/aromatic N) is 3. The second-order valence-corrected chi connectivity index (χ2v) is 9.51. The Labute approximate surface area is 220 Å².